The molecule has 7 heavy (non-hydrogen) atoms. The number of halogens is 1. The molecule has 40 valence electrons. The van der Waals surface area contributed by atoms with Crippen LogP contribution in [0.1, 0.15) is 0 Å². The van der Waals surface area contributed by atoms with Gasteiger partial charge in [-0.2, -0.15) is 0 Å². The van der Waals surface area contributed by atoms with Gasteiger partial charge in [-0.1, -0.05) is 11.8 Å². The molecule has 0 aliphatic carbocycles. The third kappa shape index (κ3) is 1.01. The van der Waals surface area contributed by atoms with Gasteiger partial charge in [0.05, 0.1) is 0 Å². The lowest BCUT2D eigenvalue weighted by molar-refractivity contribution is 0.250. The second kappa shape index (κ2) is 1.92. The summed E-state index contributed by atoms with van der Waals surface area (Å²) in [6, 6.07) is 0. The fourth-order valence-corrected chi connectivity index (χ4v) is 1.39. The molecular weight excluding hydrogens is 134 g/mol. The van der Waals surface area contributed by atoms with Gasteiger partial charge in [0.2, 0.25) is 0 Å². The zero-order valence-corrected chi connectivity index (χ0v) is 5.13. The molecule has 2 nitrogen and oxygen atoms in total. The second-order valence-electron chi connectivity index (χ2n) is 1.20. The maximum Gasteiger partial charge on any atom is 0.296 e. The minimum absolute atomic E-state index is 0.0262. The minimum atomic E-state index is -0.0262. The molecule has 0 spiro atoms. The van der Waals surface area contributed by atoms with Crippen molar-refractivity contribution in [3.05, 3.63) is 0 Å². The number of rotatable bonds is 0. The highest BCUT2D eigenvalue weighted by Gasteiger charge is 2.17. The maximum atomic E-state index is 10.3. The van der Waals surface area contributed by atoms with Gasteiger partial charge in [-0.25, -0.2) is 4.42 Å². The Morgan fingerprint density at radius 2 is 2.57 bits per heavy atom. The Bertz CT molecular complexity index is 96.9. The average Bonchev–Trinajstić information content (AvgIpc) is 1.91. The molecule has 0 unspecified atom stereocenters. The Labute approximate surface area is 50.9 Å². The van der Waals surface area contributed by atoms with Crippen molar-refractivity contribution in [2.75, 3.05) is 12.3 Å². The van der Waals surface area contributed by atoms with Gasteiger partial charge in [0.1, 0.15) is 0 Å². The number of thioether (sulfide) groups is 1. The summed E-state index contributed by atoms with van der Waals surface area (Å²) in [5.74, 6) is 0.836. The summed E-state index contributed by atoms with van der Waals surface area (Å²) < 4.78 is 1.20. The lowest BCUT2D eigenvalue weighted by Crippen LogP contribution is -2.08. The monoisotopic (exact) mass is 137 g/mol. The number of carbonyl (C=O) groups is 1. The highest BCUT2D eigenvalue weighted by molar-refractivity contribution is 8.14. The highest BCUT2D eigenvalue weighted by Crippen LogP contribution is 2.18. The van der Waals surface area contributed by atoms with Gasteiger partial charge in [0, 0.05) is 24.1 Å². The molecule has 0 atom stereocenters. The molecule has 0 aromatic heterocycles. The molecule has 0 saturated carbocycles. The smallest absolute Gasteiger partial charge is 0.260 e. The van der Waals surface area contributed by atoms with E-state index in [-0.39, 0.29) is 5.24 Å². The molecule has 0 radical (unpaired) electrons. The van der Waals surface area contributed by atoms with Crippen LogP contribution in [0.3, 0.4) is 0 Å². The Morgan fingerprint density at radius 3 is 2.71 bits per heavy atom. The van der Waals surface area contributed by atoms with Gasteiger partial charge in [0.25, 0.3) is 5.24 Å². The van der Waals surface area contributed by atoms with Crippen molar-refractivity contribution in [1.29, 1.82) is 0 Å². The summed E-state index contributed by atoms with van der Waals surface area (Å²) in [4.78, 5) is 10.3. The largest absolute Gasteiger partial charge is 0.296 e. The molecule has 0 aromatic carbocycles. The normalized spacial score (nSPS) is 21.3. The van der Waals surface area contributed by atoms with Crippen molar-refractivity contribution in [3.8, 4) is 0 Å². The second-order valence-corrected chi connectivity index (χ2v) is 2.65. The van der Waals surface area contributed by atoms with Crippen molar-refractivity contribution < 1.29 is 4.79 Å². The van der Waals surface area contributed by atoms with Crippen LogP contribution < -0.4 is 0 Å². The molecule has 1 aliphatic rings. The fourth-order valence-electron chi connectivity index (χ4n) is 0.374. The number of nitrogens with zero attached hydrogens (tertiary/aromatic N) is 1. The average molecular weight is 138 g/mol. The first-order chi connectivity index (χ1) is 3.30. The van der Waals surface area contributed by atoms with Crippen LogP contribution in [-0.2, 0) is 0 Å². The number of carbonyl (C=O) groups excluding carboxylic acids is 1. The zero-order valence-electron chi connectivity index (χ0n) is 3.56. The van der Waals surface area contributed by atoms with E-state index < -0.39 is 0 Å². The molecule has 1 amide bonds. The van der Waals surface area contributed by atoms with Crippen LogP contribution in [-0.4, -0.2) is 22.0 Å². The molecule has 0 bridgehead atoms. The lowest BCUT2D eigenvalue weighted by atomic mass is 10.8. The molecular formula is C3H4ClNOS. The van der Waals surface area contributed by atoms with Gasteiger partial charge in [-0.3, -0.25) is 4.79 Å². The van der Waals surface area contributed by atoms with Gasteiger partial charge >= 0.3 is 0 Å². The fraction of sp³-hybridized carbons (Fsp3) is 0.667. The number of amides is 1. The van der Waals surface area contributed by atoms with Gasteiger partial charge in [0.15, 0.2) is 0 Å². The molecule has 4 heteroatoms. The van der Waals surface area contributed by atoms with E-state index in [0.717, 1.165) is 5.75 Å². The van der Waals surface area contributed by atoms with Crippen molar-refractivity contribution in [2.24, 2.45) is 0 Å². The summed E-state index contributed by atoms with van der Waals surface area (Å²) in [5, 5.41) is -0.0262. The quantitative estimate of drug-likeness (QED) is 0.470. The minimum Gasteiger partial charge on any atom is -0.260 e. The Balaban J connectivity index is 2.48. The summed E-state index contributed by atoms with van der Waals surface area (Å²) in [6.07, 6.45) is 0. The third-order valence-corrected chi connectivity index (χ3v) is 1.99. The van der Waals surface area contributed by atoms with E-state index in [4.69, 9.17) is 11.8 Å². The van der Waals surface area contributed by atoms with Crippen LogP contribution in [0, 0.1) is 0 Å². The Hall–Kier alpha value is 0.110. The first-order valence-electron chi connectivity index (χ1n) is 1.91. The highest BCUT2D eigenvalue weighted by atomic mass is 35.5. The van der Waals surface area contributed by atoms with Crippen LogP contribution >= 0.6 is 23.5 Å². The predicted octanol–water partition coefficient (Wildman–Crippen LogP) is 1.31. The first kappa shape index (κ1) is 5.25. The molecule has 1 aliphatic heterocycles. The van der Waals surface area contributed by atoms with E-state index in [1.807, 2.05) is 0 Å². The summed E-state index contributed by atoms with van der Waals surface area (Å²) in [6.45, 7) is 0.686. The van der Waals surface area contributed by atoms with Crippen LogP contribution in [0.5, 0.6) is 0 Å². The van der Waals surface area contributed by atoms with Gasteiger partial charge < -0.3 is 0 Å². The van der Waals surface area contributed by atoms with Crippen LogP contribution in [0.2, 0.25) is 0 Å². The topological polar surface area (TPSA) is 20.3 Å². The summed E-state index contributed by atoms with van der Waals surface area (Å²) in [5.41, 5.74) is 0. The standard InChI is InChI=1S/C3H4ClNOS/c4-5-1-2-7-3(5)6/h1-2H2. The van der Waals surface area contributed by atoms with E-state index in [0.29, 0.717) is 6.54 Å². The molecule has 0 N–H and O–H groups in total. The van der Waals surface area contributed by atoms with E-state index in [9.17, 15) is 4.79 Å². The van der Waals surface area contributed by atoms with E-state index in [2.05, 4.69) is 0 Å². The van der Waals surface area contributed by atoms with Crippen molar-refractivity contribution in [1.82, 2.24) is 4.42 Å². The lowest BCUT2D eigenvalue weighted by Gasteiger charge is -1.96. The van der Waals surface area contributed by atoms with E-state index in [1.54, 1.807) is 0 Å². The Morgan fingerprint density at radius 1 is 1.86 bits per heavy atom. The summed E-state index contributed by atoms with van der Waals surface area (Å²) >= 11 is 6.59. The predicted molar refractivity (Wildman–Crippen MR) is 30.4 cm³/mol. The van der Waals surface area contributed by atoms with Crippen LogP contribution in [0.4, 0.5) is 4.79 Å². The van der Waals surface area contributed by atoms with Crippen LogP contribution in [0.25, 0.3) is 0 Å². The maximum absolute atomic E-state index is 10.3. The van der Waals surface area contributed by atoms with E-state index >= 15 is 0 Å². The third-order valence-electron chi connectivity index (χ3n) is 0.711. The van der Waals surface area contributed by atoms with Crippen molar-refractivity contribution >= 4 is 28.8 Å². The molecule has 1 rings (SSSR count). The van der Waals surface area contributed by atoms with Crippen molar-refractivity contribution in [3.63, 3.8) is 0 Å². The molecule has 1 fully saturated rings. The zero-order chi connectivity index (χ0) is 5.28. The first-order valence-corrected chi connectivity index (χ1v) is 3.23. The summed E-state index contributed by atoms with van der Waals surface area (Å²) in [7, 11) is 0. The number of hydrogen-bond donors (Lipinski definition) is 0. The molecule has 1 heterocycles. The van der Waals surface area contributed by atoms with Crippen molar-refractivity contribution in [2.45, 2.75) is 0 Å². The molecule has 1 saturated heterocycles. The van der Waals surface area contributed by atoms with Gasteiger partial charge in [-0.15, -0.1) is 0 Å². The van der Waals surface area contributed by atoms with Crippen LogP contribution in [0.15, 0.2) is 0 Å². The molecule has 0 aromatic rings. The number of hydrogen-bond acceptors (Lipinski definition) is 2. The Kier molecular flexibility index (Phi) is 1.44. The SMILES string of the molecule is O=C1SCCN1Cl. The van der Waals surface area contributed by atoms with E-state index in [1.165, 1.54) is 16.2 Å². The van der Waals surface area contributed by atoms with Gasteiger partial charge in [-0.05, 0) is 0 Å².